The number of aromatic nitrogens is 4. The van der Waals surface area contributed by atoms with Gasteiger partial charge in [-0.1, -0.05) is 12.1 Å². The maximum Gasteiger partial charge on any atom is 0.347 e. The topological polar surface area (TPSA) is 154 Å². The van der Waals surface area contributed by atoms with Crippen molar-refractivity contribution in [2.45, 2.75) is 6.92 Å². The Morgan fingerprint density at radius 3 is 2.77 bits per heavy atom. The fraction of sp³-hybridized carbons (Fsp3) is 0.105. The van der Waals surface area contributed by atoms with Crippen LogP contribution in [0.4, 0.5) is 5.69 Å². The van der Waals surface area contributed by atoms with Crippen molar-refractivity contribution < 1.29 is 18.9 Å². The molecule has 0 amide bonds. The number of aromatic amines is 1. The van der Waals surface area contributed by atoms with E-state index in [0.29, 0.717) is 22.1 Å². The first-order valence-corrected chi connectivity index (χ1v) is 8.76. The number of H-pyrrole nitrogens is 1. The van der Waals surface area contributed by atoms with Gasteiger partial charge in [0.1, 0.15) is 5.56 Å². The third-order valence-electron chi connectivity index (χ3n) is 4.32. The van der Waals surface area contributed by atoms with Gasteiger partial charge in [0.15, 0.2) is 5.82 Å². The van der Waals surface area contributed by atoms with Crippen molar-refractivity contribution in [3.05, 3.63) is 68.6 Å². The highest BCUT2D eigenvalue weighted by Crippen LogP contribution is 2.33. The van der Waals surface area contributed by atoms with Crippen molar-refractivity contribution in [1.82, 2.24) is 20.6 Å². The fourth-order valence-electron chi connectivity index (χ4n) is 3.00. The Morgan fingerprint density at radius 2 is 2.07 bits per heavy atom. The molecule has 0 fully saturated rings. The molecule has 0 radical (unpaired) electrons. The molecular formula is C19H13N5O6. The number of carbonyl (C=O) groups is 1. The summed E-state index contributed by atoms with van der Waals surface area (Å²) in [6.45, 7) is 1.92. The van der Waals surface area contributed by atoms with E-state index in [1.54, 1.807) is 37.3 Å². The zero-order valence-corrected chi connectivity index (χ0v) is 15.5. The van der Waals surface area contributed by atoms with E-state index in [0.717, 1.165) is 0 Å². The summed E-state index contributed by atoms with van der Waals surface area (Å²) in [4.78, 5) is 35.3. The van der Waals surface area contributed by atoms with Gasteiger partial charge in [0, 0.05) is 11.5 Å². The number of tetrazole rings is 1. The quantitative estimate of drug-likeness (QED) is 0.227. The van der Waals surface area contributed by atoms with Crippen LogP contribution in [0, 0.1) is 10.1 Å². The van der Waals surface area contributed by atoms with E-state index in [1.807, 2.05) is 0 Å². The molecule has 0 atom stereocenters. The number of carbonyl (C=O) groups excluding carboxylic acids is 1. The van der Waals surface area contributed by atoms with Gasteiger partial charge in [-0.3, -0.25) is 10.1 Å². The van der Waals surface area contributed by atoms with Crippen molar-refractivity contribution in [3.63, 3.8) is 0 Å². The van der Waals surface area contributed by atoms with Crippen LogP contribution in [0.5, 0.6) is 0 Å². The number of hydrogen-bond acceptors (Lipinski definition) is 9. The molecule has 2 aromatic heterocycles. The van der Waals surface area contributed by atoms with Gasteiger partial charge in [-0.05, 0) is 52.7 Å². The number of benzene rings is 2. The molecule has 150 valence electrons. The van der Waals surface area contributed by atoms with E-state index in [2.05, 4.69) is 20.6 Å². The number of nitrogens with zero attached hydrogens (tertiary/aromatic N) is 4. The molecule has 11 heteroatoms. The van der Waals surface area contributed by atoms with Crippen LogP contribution >= 0.6 is 0 Å². The van der Waals surface area contributed by atoms with Crippen LogP contribution in [0.2, 0.25) is 0 Å². The van der Waals surface area contributed by atoms with E-state index in [4.69, 9.17) is 9.15 Å². The summed E-state index contributed by atoms with van der Waals surface area (Å²) in [5.74, 6) is -0.427. The second-order valence-electron chi connectivity index (χ2n) is 6.17. The molecule has 0 unspecified atom stereocenters. The van der Waals surface area contributed by atoms with E-state index in [1.165, 1.54) is 12.1 Å². The number of non-ortho nitro benzene ring substituents is 1. The number of nitrogens with one attached hydrogen (secondary N) is 1. The fourth-order valence-corrected chi connectivity index (χ4v) is 3.00. The standard InChI is InChI=1S/C19H13N5O6/c1-2-29-18(25)11-5-3-4-10(6-11)12-7-13-8-14(17-20-22-23-21-17)19(26)30-16(13)15(9-12)24(27)28/h3-9H,2H2,1H3,(H,20,21,22,23). The number of nitro groups is 1. The first-order chi connectivity index (χ1) is 14.5. The number of fused-ring (bicyclic) bond motifs is 1. The summed E-state index contributed by atoms with van der Waals surface area (Å²) in [5.41, 5.74) is -0.0315. The Labute approximate surface area is 167 Å². The van der Waals surface area contributed by atoms with Crippen LogP contribution < -0.4 is 5.63 Å². The monoisotopic (exact) mass is 407 g/mol. The third kappa shape index (κ3) is 3.39. The summed E-state index contributed by atoms with van der Waals surface area (Å²) < 4.78 is 10.2. The summed E-state index contributed by atoms with van der Waals surface area (Å²) in [5, 5.41) is 24.9. The van der Waals surface area contributed by atoms with Gasteiger partial charge in [-0.15, -0.1) is 5.10 Å². The molecule has 0 saturated heterocycles. The highest BCUT2D eigenvalue weighted by atomic mass is 16.6. The summed E-state index contributed by atoms with van der Waals surface area (Å²) in [6, 6.07) is 10.8. The van der Waals surface area contributed by atoms with Gasteiger partial charge in [0.2, 0.25) is 5.58 Å². The lowest BCUT2D eigenvalue weighted by Gasteiger charge is -2.07. The van der Waals surface area contributed by atoms with Crippen molar-refractivity contribution in [2.24, 2.45) is 0 Å². The Bertz CT molecular complexity index is 1330. The van der Waals surface area contributed by atoms with Crippen LogP contribution in [0.15, 0.2) is 51.7 Å². The largest absolute Gasteiger partial charge is 0.462 e. The molecule has 4 rings (SSSR count). The predicted octanol–water partition coefficient (Wildman–Crippen LogP) is 2.73. The normalized spacial score (nSPS) is 10.8. The molecule has 11 nitrogen and oxygen atoms in total. The lowest BCUT2D eigenvalue weighted by atomic mass is 10.00. The summed E-state index contributed by atoms with van der Waals surface area (Å²) in [6.07, 6.45) is 0. The second kappa shape index (κ2) is 7.54. The number of hydrogen-bond donors (Lipinski definition) is 1. The third-order valence-corrected chi connectivity index (χ3v) is 4.32. The van der Waals surface area contributed by atoms with Gasteiger partial charge < -0.3 is 9.15 Å². The van der Waals surface area contributed by atoms with Gasteiger partial charge in [0.05, 0.1) is 17.1 Å². The molecule has 30 heavy (non-hydrogen) atoms. The molecule has 2 aromatic carbocycles. The second-order valence-corrected chi connectivity index (χ2v) is 6.17. The lowest BCUT2D eigenvalue weighted by Crippen LogP contribution is -2.05. The maximum atomic E-state index is 12.3. The van der Waals surface area contributed by atoms with Gasteiger partial charge in [-0.25, -0.2) is 14.7 Å². The van der Waals surface area contributed by atoms with Gasteiger partial charge >= 0.3 is 17.3 Å². The Balaban J connectivity index is 1.92. The van der Waals surface area contributed by atoms with Crippen molar-refractivity contribution in [2.75, 3.05) is 6.61 Å². The first-order valence-electron chi connectivity index (χ1n) is 8.76. The van der Waals surface area contributed by atoms with E-state index < -0.39 is 16.5 Å². The zero-order chi connectivity index (χ0) is 21.3. The smallest absolute Gasteiger partial charge is 0.347 e. The van der Waals surface area contributed by atoms with Crippen molar-refractivity contribution in [1.29, 1.82) is 0 Å². The first kappa shape index (κ1) is 18.9. The Kier molecular flexibility index (Phi) is 4.76. The van der Waals surface area contributed by atoms with Gasteiger partial charge in [0.25, 0.3) is 0 Å². The molecule has 0 bridgehead atoms. The Hall–Kier alpha value is -4.41. The SMILES string of the molecule is CCOC(=O)c1cccc(-c2cc([N+](=O)[O-])c3oc(=O)c(-c4nnn[nH]4)cc3c2)c1. The van der Waals surface area contributed by atoms with Crippen LogP contribution in [0.25, 0.3) is 33.5 Å². The minimum Gasteiger partial charge on any atom is -0.462 e. The predicted molar refractivity (Wildman–Crippen MR) is 104 cm³/mol. The molecular weight excluding hydrogens is 394 g/mol. The van der Waals surface area contributed by atoms with E-state index >= 15 is 0 Å². The lowest BCUT2D eigenvalue weighted by molar-refractivity contribution is -0.383. The van der Waals surface area contributed by atoms with Crippen molar-refractivity contribution in [3.8, 4) is 22.5 Å². The molecule has 0 aliphatic heterocycles. The molecule has 0 spiro atoms. The molecule has 0 aliphatic carbocycles. The highest BCUT2D eigenvalue weighted by molar-refractivity contribution is 5.94. The number of nitro benzene ring substituents is 1. The van der Waals surface area contributed by atoms with Crippen LogP contribution in [0.1, 0.15) is 17.3 Å². The summed E-state index contributed by atoms with van der Waals surface area (Å²) in [7, 11) is 0. The van der Waals surface area contributed by atoms with Crippen LogP contribution in [0.3, 0.4) is 0 Å². The highest BCUT2D eigenvalue weighted by Gasteiger charge is 2.21. The zero-order valence-electron chi connectivity index (χ0n) is 15.5. The molecule has 4 aromatic rings. The minimum absolute atomic E-state index is 0.0271. The minimum atomic E-state index is -0.818. The van der Waals surface area contributed by atoms with Crippen molar-refractivity contribution >= 4 is 22.6 Å². The summed E-state index contributed by atoms with van der Waals surface area (Å²) >= 11 is 0. The maximum absolute atomic E-state index is 12.3. The number of esters is 1. The van der Waals surface area contributed by atoms with E-state index in [9.17, 15) is 19.7 Å². The number of ether oxygens (including phenoxy) is 1. The molecule has 1 N–H and O–H groups in total. The van der Waals surface area contributed by atoms with E-state index in [-0.39, 0.29) is 29.3 Å². The van der Waals surface area contributed by atoms with Crippen LogP contribution in [-0.2, 0) is 4.74 Å². The molecule has 0 aliphatic rings. The molecule has 2 heterocycles. The Morgan fingerprint density at radius 1 is 1.23 bits per heavy atom. The average Bonchev–Trinajstić information content (AvgIpc) is 3.27. The van der Waals surface area contributed by atoms with Gasteiger partial charge in [-0.2, -0.15) is 0 Å². The van der Waals surface area contributed by atoms with Crippen LogP contribution in [-0.4, -0.2) is 38.1 Å². The number of rotatable bonds is 5. The average molecular weight is 407 g/mol. The molecule has 0 saturated carbocycles.